The van der Waals surface area contributed by atoms with E-state index in [1.54, 1.807) is 0 Å². The van der Waals surface area contributed by atoms with Gasteiger partial charge in [-0.1, -0.05) is 92.7 Å². The molecule has 1 aliphatic rings. The van der Waals surface area contributed by atoms with Gasteiger partial charge in [0.25, 0.3) is 0 Å². The molecule has 1 aliphatic heterocycles. The molecule has 0 bridgehead atoms. The van der Waals surface area contributed by atoms with E-state index < -0.39 is 0 Å². The maximum absolute atomic E-state index is 11.8. The van der Waals surface area contributed by atoms with Crippen molar-refractivity contribution in [2.75, 3.05) is 12.3 Å². The maximum Gasteiger partial charge on any atom is 0.219 e. The summed E-state index contributed by atoms with van der Waals surface area (Å²) >= 11 is 0. The van der Waals surface area contributed by atoms with Crippen LogP contribution in [0.25, 0.3) is 0 Å². The molecule has 0 spiro atoms. The molecule has 1 saturated heterocycles. The number of carbonyl (C=O) groups is 1. The largest absolute Gasteiger partial charge is 0.356 e. The first-order valence-electron chi connectivity index (χ1n) is 10.4. The zero-order valence-electron chi connectivity index (χ0n) is 15.8. The van der Waals surface area contributed by atoms with Crippen LogP contribution in [-0.2, 0) is 4.79 Å². The Kier molecular flexibility index (Phi) is 15.4. The minimum Gasteiger partial charge on any atom is -0.356 e. The van der Waals surface area contributed by atoms with E-state index in [-0.39, 0.29) is 5.91 Å². The highest BCUT2D eigenvalue weighted by Gasteiger charge is 2.15. The molecule has 0 aromatic carbocycles. The van der Waals surface area contributed by atoms with Gasteiger partial charge in [-0.2, -0.15) is 0 Å². The van der Waals surface area contributed by atoms with Crippen LogP contribution in [0, 0.1) is 0 Å². The number of hydrogen-bond acceptors (Lipinski definition) is 3. The summed E-state index contributed by atoms with van der Waals surface area (Å²) in [6.07, 6.45) is 19.2. The quantitative estimate of drug-likeness (QED) is 0.240. The summed E-state index contributed by atoms with van der Waals surface area (Å²) in [5.41, 5.74) is 0. The smallest absolute Gasteiger partial charge is 0.219 e. The zero-order valence-corrected chi connectivity index (χ0v) is 17.5. The Labute approximate surface area is 158 Å². The van der Waals surface area contributed by atoms with Crippen molar-refractivity contribution in [3.8, 4) is 0 Å². The van der Waals surface area contributed by atoms with Crippen molar-refractivity contribution < 1.29 is 4.79 Å². The molecule has 2 nitrogen and oxygen atoms in total. The van der Waals surface area contributed by atoms with Crippen LogP contribution in [0.4, 0.5) is 0 Å². The van der Waals surface area contributed by atoms with Gasteiger partial charge in [0.1, 0.15) is 0 Å². The number of rotatable bonds is 16. The van der Waals surface area contributed by atoms with Gasteiger partial charge in [-0.3, -0.25) is 4.79 Å². The summed E-state index contributed by atoms with van der Waals surface area (Å²) in [5.74, 6) is 1.58. The lowest BCUT2D eigenvalue weighted by atomic mass is 10.1. The summed E-state index contributed by atoms with van der Waals surface area (Å²) in [7, 11) is 4.06. The molecule has 0 aromatic rings. The fourth-order valence-electron chi connectivity index (χ4n) is 3.15. The van der Waals surface area contributed by atoms with Crippen molar-refractivity contribution in [3.63, 3.8) is 0 Å². The van der Waals surface area contributed by atoms with Gasteiger partial charge in [0.2, 0.25) is 5.91 Å². The second-order valence-corrected chi connectivity index (χ2v) is 9.89. The van der Waals surface area contributed by atoms with Crippen molar-refractivity contribution >= 4 is 27.5 Å². The predicted molar refractivity (Wildman–Crippen MR) is 112 cm³/mol. The molecule has 24 heavy (non-hydrogen) atoms. The van der Waals surface area contributed by atoms with E-state index in [1.807, 2.05) is 21.6 Å². The number of nitrogens with one attached hydrogen (secondary N) is 1. The van der Waals surface area contributed by atoms with Gasteiger partial charge in [-0.05, 0) is 25.7 Å². The average Bonchev–Trinajstić information content (AvgIpc) is 3.10. The maximum atomic E-state index is 11.8. The summed E-state index contributed by atoms with van der Waals surface area (Å²) in [6, 6.07) is 0. The van der Waals surface area contributed by atoms with Crippen LogP contribution < -0.4 is 5.32 Å². The second kappa shape index (κ2) is 16.6. The Morgan fingerprint density at radius 3 is 2.21 bits per heavy atom. The van der Waals surface area contributed by atoms with Crippen LogP contribution in [0.15, 0.2) is 0 Å². The Bertz CT molecular complexity index is 293. The highest BCUT2D eigenvalue weighted by Crippen LogP contribution is 2.39. The fraction of sp³-hybridized carbons (Fsp3) is 0.950. The lowest BCUT2D eigenvalue weighted by Gasteiger charge is -2.07. The average molecular weight is 374 g/mol. The predicted octanol–water partition coefficient (Wildman–Crippen LogP) is 6.74. The summed E-state index contributed by atoms with van der Waals surface area (Å²) in [4.78, 5) is 11.8. The van der Waals surface area contributed by atoms with E-state index in [2.05, 4.69) is 12.2 Å². The molecule has 1 unspecified atom stereocenters. The molecular weight excluding hydrogens is 334 g/mol. The van der Waals surface area contributed by atoms with Crippen LogP contribution >= 0.6 is 21.6 Å². The third-order valence-electron chi connectivity index (χ3n) is 4.76. The van der Waals surface area contributed by atoms with Gasteiger partial charge in [0.15, 0.2) is 0 Å². The third kappa shape index (κ3) is 13.5. The summed E-state index contributed by atoms with van der Waals surface area (Å²) < 4.78 is 0. The lowest BCUT2D eigenvalue weighted by molar-refractivity contribution is -0.121. The van der Waals surface area contributed by atoms with E-state index in [0.717, 1.165) is 31.1 Å². The van der Waals surface area contributed by atoms with E-state index in [0.29, 0.717) is 0 Å². The summed E-state index contributed by atoms with van der Waals surface area (Å²) in [6.45, 7) is 3.15. The number of amides is 1. The molecule has 0 saturated carbocycles. The minimum atomic E-state index is 0.263. The molecule has 1 rings (SSSR count). The van der Waals surface area contributed by atoms with Gasteiger partial charge < -0.3 is 5.32 Å². The van der Waals surface area contributed by atoms with Crippen LogP contribution in [0.5, 0.6) is 0 Å². The van der Waals surface area contributed by atoms with E-state index in [4.69, 9.17) is 0 Å². The highest BCUT2D eigenvalue weighted by molar-refractivity contribution is 8.77. The van der Waals surface area contributed by atoms with Crippen molar-refractivity contribution in [3.05, 3.63) is 0 Å². The molecule has 0 aliphatic carbocycles. The first-order valence-corrected chi connectivity index (χ1v) is 12.8. The van der Waals surface area contributed by atoms with E-state index >= 15 is 0 Å². The highest BCUT2D eigenvalue weighted by atomic mass is 33.1. The number of carbonyl (C=O) groups excluding carboxylic acids is 1. The van der Waals surface area contributed by atoms with Crippen LogP contribution in [0.1, 0.15) is 103 Å². The van der Waals surface area contributed by atoms with E-state index in [9.17, 15) is 4.79 Å². The fourth-order valence-corrected chi connectivity index (χ4v) is 6.18. The van der Waals surface area contributed by atoms with Crippen LogP contribution in [-0.4, -0.2) is 23.5 Å². The van der Waals surface area contributed by atoms with E-state index in [1.165, 1.54) is 82.8 Å². The monoisotopic (exact) mass is 373 g/mol. The van der Waals surface area contributed by atoms with Gasteiger partial charge in [0.05, 0.1) is 0 Å². The molecule has 142 valence electrons. The topological polar surface area (TPSA) is 29.1 Å². The molecule has 0 aromatic heterocycles. The van der Waals surface area contributed by atoms with Gasteiger partial charge in [-0.15, -0.1) is 0 Å². The molecule has 0 radical (unpaired) electrons. The second-order valence-electron chi connectivity index (χ2n) is 7.11. The van der Waals surface area contributed by atoms with Gasteiger partial charge >= 0.3 is 0 Å². The molecule has 1 amide bonds. The SMILES string of the molecule is CCCCCCCCCCCCNC(=O)CCCCC1CCSS1. The molecule has 1 heterocycles. The Morgan fingerprint density at radius 2 is 1.58 bits per heavy atom. The number of hydrogen-bond donors (Lipinski definition) is 1. The van der Waals surface area contributed by atoms with Crippen molar-refractivity contribution in [2.24, 2.45) is 0 Å². The van der Waals surface area contributed by atoms with Crippen molar-refractivity contribution in [2.45, 2.75) is 108 Å². The van der Waals surface area contributed by atoms with Gasteiger partial charge in [0, 0.05) is 24.0 Å². The van der Waals surface area contributed by atoms with Crippen molar-refractivity contribution in [1.29, 1.82) is 0 Å². The normalized spacial score (nSPS) is 17.3. The molecule has 1 atom stereocenters. The molecule has 1 N–H and O–H groups in total. The van der Waals surface area contributed by atoms with Crippen molar-refractivity contribution in [1.82, 2.24) is 5.32 Å². The zero-order chi connectivity index (χ0) is 17.3. The Balaban J connectivity index is 1.74. The number of unbranched alkanes of at least 4 members (excludes halogenated alkanes) is 10. The van der Waals surface area contributed by atoms with Crippen LogP contribution in [0.3, 0.4) is 0 Å². The molecular formula is C20H39NOS2. The molecule has 4 heteroatoms. The molecule has 1 fully saturated rings. The lowest BCUT2D eigenvalue weighted by Crippen LogP contribution is -2.24. The van der Waals surface area contributed by atoms with Crippen LogP contribution in [0.2, 0.25) is 0 Å². The standard InChI is InChI=1S/C20H39NOS2/c1-2-3-4-5-6-7-8-9-10-13-17-21-20(22)15-12-11-14-19-16-18-23-24-19/h19H,2-18H2,1H3,(H,21,22). The Hall–Kier alpha value is 0.170. The third-order valence-corrected chi connectivity index (χ3v) is 7.77. The Morgan fingerprint density at radius 1 is 0.917 bits per heavy atom. The summed E-state index contributed by atoms with van der Waals surface area (Å²) in [5, 5.41) is 3.94. The first-order chi connectivity index (χ1) is 11.8. The minimum absolute atomic E-state index is 0.263. The first kappa shape index (κ1) is 22.2. The van der Waals surface area contributed by atoms with Gasteiger partial charge in [-0.25, -0.2) is 0 Å².